The predicted octanol–water partition coefficient (Wildman–Crippen LogP) is 3.04. The zero-order valence-electron chi connectivity index (χ0n) is 13.1. The Kier molecular flexibility index (Phi) is 6.50. The molecule has 0 bridgehead atoms. The minimum Gasteiger partial charge on any atom is -0.492 e. The van der Waals surface area contributed by atoms with Crippen molar-refractivity contribution < 1.29 is 13.2 Å². The average molecular weight is 334 g/mol. The fourth-order valence-corrected chi connectivity index (χ4v) is 2.54. The van der Waals surface area contributed by atoms with Crippen molar-refractivity contribution >= 4 is 21.4 Å². The van der Waals surface area contributed by atoms with Crippen molar-refractivity contribution in [3.8, 4) is 5.75 Å². The van der Waals surface area contributed by atoms with Crippen LogP contribution < -0.4 is 10.1 Å². The lowest BCUT2D eigenvalue weighted by Gasteiger charge is -2.20. The van der Waals surface area contributed by atoms with Crippen LogP contribution in [0.4, 0.5) is 0 Å². The van der Waals surface area contributed by atoms with E-state index in [-0.39, 0.29) is 11.3 Å². The zero-order valence-corrected chi connectivity index (χ0v) is 14.6. The molecule has 120 valence electrons. The molecule has 1 N–H and O–H groups in total. The van der Waals surface area contributed by atoms with Gasteiger partial charge in [-0.15, -0.1) is 0 Å². The lowest BCUT2D eigenvalue weighted by Crippen LogP contribution is -2.35. The third-order valence-corrected chi connectivity index (χ3v) is 4.06. The quantitative estimate of drug-likeness (QED) is 0.779. The number of sulfone groups is 1. The van der Waals surface area contributed by atoms with Crippen molar-refractivity contribution in [2.45, 2.75) is 39.3 Å². The number of benzene rings is 1. The number of hydrogen-bond donors (Lipinski definition) is 1. The Hall–Kier alpha value is -0.780. The molecule has 0 aliphatic heterocycles. The standard InChI is InChI=1S/C15H24ClNO3S/c1-15(2,3)17-11-12-6-7-14(13(16)10-12)20-8-5-9-21(4,18)19/h6-7,10,17H,5,8-9,11H2,1-4H3. The Labute approximate surface area is 132 Å². The van der Waals surface area contributed by atoms with Gasteiger partial charge in [0.05, 0.1) is 17.4 Å². The summed E-state index contributed by atoms with van der Waals surface area (Å²) in [7, 11) is -2.94. The van der Waals surface area contributed by atoms with Gasteiger partial charge >= 0.3 is 0 Å². The largest absolute Gasteiger partial charge is 0.492 e. The SMILES string of the molecule is CC(C)(C)NCc1ccc(OCCCS(C)(=O)=O)c(Cl)c1. The van der Waals surface area contributed by atoms with E-state index in [0.717, 1.165) is 12.1 Å². The second-order valence-corrected chi connectivity index (χ2v) is 8.87. The van der Waals surface area contributed by atoms with Crippen LogP contribution in [0.5, 0.6) is 5.75 Å². The first-order valence-electron chi connectivity index (χ1n) is 6.91. The topological polar surface area (TPSA) is 55.4 Å². The third kappa shape index (κ3) is 8.29. The highest BCUT2D eigenvalue weighted by Gasteiger charge is 2.10. The van der Waals surface area contributed by atoms with Crippen molar-refractivity contribution in [1.29, 1.82) is 0 Å². The first-order chi connectivity index (χ1) is 9.57. The lowest BCUT2D eigenvalue weighted by molar-refractivity contribution is 0.318. The summed E-state index contributed by atoms with van der Waals surface area (Å²) < 4.78 is 27.6. The maximum Gasteiger partial charge on any atom is 0.147 e. The lowest BCUT2D eigenvalue weighted by atomic mass is 10.1. The summed E-state index contributed by atoms with van der Waals surface area (Å²) in [6.45, 7) is 7.39. The van der Waals surface area contributed by atoms with Gasteiger partial charge in [0.15, 0.2) is 0 Å². The minimum absolute atomic E-state index is 0.0489. The van der Waals surface area contributed by atoms with Crippen LogP contribution in [-0.2, 0) is 16.4 Å². The van der Waals surface area contributed by atoms with E-state index >= 15 is 0 Å². The van der Waals surface area contributed by atoms with Gasteiger partial charge in [0.2, 0.25) is 0 Å². The zero-order chi connectivity index (χ0) is 16.1. The monoisotopic (exact) mass is 333 g/mol. The molecule has 0 spiro atoms. The molecule has 6 heteroatoms. The molecule has 0 aromatic heterocycles. The van der Waals surface area contributed by atoms with E-state index in [1.54, 1.807) is 0 Å². The Balaban J connectivity index is 2.50. The van der Waals surface area contributed by atoms with Crippen LogP contribution in [0, 0.1) is 0 Å². The number of nitrogens with one attached hydrogen (secondary N) is 1. The highest BCUT2D eigenvalue weighted by Crippen LogP contribution is 2.25. The number of halogens is 1. The Morgan fingerprint density at radius 1 is 1.29 bits per heavy atom. The summed E-state index contributed by atoms with van der Waals surface area (Å²) in [5.41, 5.74) is 1.13. The van der Waals surface area contributed by atoms with Crippen molar-refractivity contribution in [3.63, 3.8) is 0 Å². The molecule has 1 rings (SSSR count). The molecule has 1 aromatic rings. The van der Waals surface area contributed by atoms with E-state index in [9.17, 15) is 8.42 Å². The van der Waals surface area contributed by atoms with E-state index in [0.29, 0.717) is 23.8 Å². The van der Waals surface area contributed by atoms with Crippen LogP contribution in [0.1, 0.15) is 32.8 Å². The molecular weight excluding hydrogens is 310 g/mol. The molecule has 4 nitrogen and oxygen atoms in total. The van der Waals surface area contributed by atoms with Gasteiger partial charge < -0.3 is 10.1 Å². The van der Waals surface area contributed by atoms with Gasteiger partial charge in [0.25, 0.3) is 0 Å². The van der Waals surface area contributed by atoms with Gasteiger partial charge in [-0.25, -0.2) is 8.42 Å². The van der Waals surface area contributed by atoms with Gasteiger partial charge in [0.1, 0.15) is 15.6 Å². The maximum atomic E-state index is 11.0. The van der Waals surface area contributed by atoms with Gasteiger partial charge in [-0.1, -0.05) is 17.7 Å². The van der Waals surface area contributed by atoms with E-state index in [1.807, 2.05) is 18.2 Å². The molecule has 1 aromatic carbocycles. The van der Waals surface area contributed by atoms with Crippen LogP contribution in [0.2, 0.25) is 5.02 Å². The molecule has 0 unspecified atom stereocenters. The molecule has 0 heterocycles. The second kappa shape index (κ2) is 7.47. The predicted molar refractivity (Wildman–Crippen MR) is 87.9 cm³/mol. The van der Waals surface area contributed by atoms with Crippen molar-refractivity contribution in [3.05, 3.63) is 28.8 Å². The molecule has 0 atom stereocenters. The second-order valence-electron chi connectivity index (χ2n) is 6.20. The Morgan fingerprint density at radius 2 is 1.95 bits per heavy atom. The molecule has 0 radical (unpaired) electrons. The number of rotatable bonds is 7. The van der Waals surface area contributed by atoms with E-state index < -0.39 is 9.84 Å². The highest BCUT2D eigenvalue weighted by molar-refractivity contribution is 7.90. The first kappa shape index (κ1) is 18.3. The van der Waals surface area contributed by atoms with Gasteiger partial charge in [-0.2, -0.15) is 0 Å². The molecular formula is C15H24ClNO3S. The molecule has 0 saturated heterocycles. The summed E-state index contributed by atoms with van der Waals surface area (Å²) in [6, 6.07) is 5.64. The van der Waals surface area contributed by atoms with Crippen LogP contribution in [0.3, 0.4) is 0 Å². The Morgan fingerprint density at radius 3 is 2.48 bits per heavy atom. The van der Waals surface area contributed by atoms with Crippen LogP contribution in [-0.4, -0.2) is 32.6 Å². The summed E-state index contributed by atoms with van der Waals surface area (Å²) >= 11 is 6.18. The summed E-state index contributed by atoms with van der Waals surface area (Å²) in [6.07, 6.45) is 1.68. The van der Waals surface area contributed by atoms with Gasteiger partial charge in [-0.3, -0.25) is 0 Å². The van der Waals surface area contributed by atoms with Crippen molar-refractivity contribution in [2.75, 3.05) is 18.6 Å². The van der Waals surface area contributed by atoms with Crippen molar-refractivity contribution in [2.24, 2.45) is 0 Å². The van der Waals surface area contributed by atoms with Crippen LogP contribution in [0.25, 0.3) is 0 Å². The number of hydrogen-bond acceptors (Lipinski definition) is 4. The molecule has 0 fully saturated rings. The first-order valence-corrected chi connectivity index (χ1v) is 9.35. The molecule has 21 heavy (non-hydrogen) atoms. The average Bonchev–Trinajstić information content (AvgIpc) is 2.32. The third-order valence-electron chi connectivity index (χ3n) is 2.74. The van der Waals surface area contributed by atoms with E-state index in [2.05, 4.69) is 26.1 Å². The highest BCUT2D eigenvalue weighted by atomic mass is 35.5. The molecule has 0 aliphatic carbocycles. The fourth-order valence-electron chi connectivity index (χ4n) is 1.64. The van der Waals surface area contributed by atoms with E-state index in [1.165, 1.54) is 6.26 Å². The molecule has 0 saturated carbocycles. The molecule has 0 aliphatic rings. The summed E-state index contributed by atoms with van der Waals surface area (Å²) in [5, 5.41) is 3.93. The number of ether oxygens (including phenoxy) is 1. The van der Waals surface area contributed by atoms with Crippen molar-refractivity contribution in [1.82, 2.24) is 5.32 Å². The normalized spacial score (nSPS) is 12.4. The smallest absolute Gasteiger partial charge is 0.147 e. The van der Waals surface area contributed by atoms with Gasteiger partial charge in [0, 0.05) is 18.3 Å². The molecule has 0 amide bonds. The Bertz CT molecular complexity index is 565. The summed E-state index contributed by atoms with van der Waals surface area (Å²) in [5.74, 6) is 0.711. The van der Waals surface area contributed by atoms with Crippen LogP contribution in [0.15, 0.2) is 18.2 Å². The maximum absolute atomic E-state index is 11.0. The van der Waals surface area contributed by atoms with Gasteiger partial charge in [-0.05, 0) is 44.9 Å². The minimum atomic E-state index is -2.94. The van der Waals surface area contributed by atoms with Crippen LogP contribution >= 0.6 is 11.6 Å². The fraction of sp³-hybridized carbons (Fsp3) is 0.600. The summed E-state index contributed by atoms with van der Waals surface area (Å²) in [4.78, 5) is 0. The van der Waals surface area contributed by atoms with E-state index in [4.69, 9.17) is 16.3 Å².